The molecule has 4 nitrogen and oxygen atoms in total. The predicted octanol–water partition coefficient (Wildman–Crippen LogP) is 4.90. The van der Waals surface area contributed by atoms with Gasteiger partial charge in [0.25, 0.3) is 11.8 Å². The van der Waals surface area contributed by atoms with Crippen molar-refractivity contribution in [2.45, 2.75) is 13.8 Å². The van der Waals surface area contributed by atoms with Gasteiger partial charge in [-0.25, -0.2) is 9.29 Å². The van der Waals surface area contributed by atoms with Gasteiger partial charge in [0.2, 0.25) is 0 Å². The molecule has 6 heteroatoms. The van der Waals surface area contributed by atoms with Crippen molar-refractivity contribution in [2.24, 2.45) is 0 Å². The first-order valence-electron chi connectivity index (χ1n) is 8.72. The first kappa shape index (κ1) is 18.1. The molecule has 140 valence electrons. The van der Waals surface area contributed by atoms with E-state index >= 15 is 0 Å². The summed E-state index contributed by atoms with van der Waals surface area (Å²) in [5.41, 5.74) is 3.19. The molecule has 2 heterocycles. The lowest BCUT2D eigenvalue weighted by Gasteiger charge is -2.18. The molecule has 2 amide bonds. The molecular formula is C22H17FN2O2S. The molecule has 1 aliphatic rings. The number of rotatable bonds is 4. The summed E-state index contributed by atoms with van der Waals surface area (Å²) in [6, 6.07) is 15.1. The molecule has 2 aromatic carbocycles. The fraction of sp³-hybridized carbons (Fsp3) is 0.0909. The van der Waals surface area contributed by atoms with Crippen LogP contribution in [0.3, 0.4) is 0 Å². The van der Waals surface area contributed by atoms with Crippen LogP contribution >= 0.6 is 11.3 Å². The Morgan fingerprint density at radius 3 is 2.50 bits per heavy atom. The van der Waals surface area contributed by atoms with Crippen molar-refractivity contribution in [2.75, 3.05) is 10.2 Å². The van der Waals surface area contributed by atoms with Crippen LogP contribution in [-0.4, -0.2) is 11.8 Å². The van der Waals surface area contributed by atoms with Gasteiger partial charge in [0.05, 0.1) is 11.3 Å². The molecule has 1 aromatic heterocycles. The van der Waals surface area contributed by atoms with Crippen molar-refractivity contribution in [3.63, 3.8) is 0 Å². The Morgan fingerprint density at radius 1 is 0.964 bits per heavy atom. The smallest absolute Gasteiger partial charge is 0.282 e. The molecule has 0 unspecified atom stereocenters. The first-order chi connectivity index (χ1) is 13.5. The molecule has 28 heavy (non-hydrogen) atoms. The van der Waals surface area contributed by atoms with Crippen molar-refractivity contribution in [3.8, 4) is 0 Å². The standard InChI is InChI=1S/C22H17FN2O2S/c1-13-8-9-14(2)17(11-13)25-21(26)19(18-7-4-10-28-18)20(22(25)27)24-16-6-3-5-15(23)12-16/h3-12,24H,1-2H3. The third-order valence-corrected chi connectivity index (χ3v) is 5.44. The van der Waals surface area contributed by atoms with Crippen molar-refractivity contribution in [1.29, 1.82) is 0 Å². The maximum Gasteiger partial charge on any atom is 0.282 e. The topological polar surface area (TPSA) is 49.4 Å². The molecular weight excluding hydrogens is 375 g/mol. The largest absolute Gasteiger partial charge is 0.350 e. The van der Waals surface area contributed by atoms with Gasteiger partial charge in [-0.3, -0.25) is 9.59 Å². The van der Waals surface area contributed by atoms with Gasteiger partial charge in [-0.15, -0.1) is 11.3 Å². The number of nitrogens with one attached hydrogen (secondary N) is 1. The molecule has 3 aromatic rings. The zero-order valence-corrected chi connectivity index (χ0v) is 16.1. The lowest BCUT2D eigenvalue weighted by atomic mass is 10.1. The van der Waals surface area contributed by atoms with Gasteiger partial charge >= 0.3 is 0 Å². The second-order valence-electron chi connectivity index (χ2n) is 6.60. The zero-order valence-electron chi connectivity index (χ0n) is 15.3. The summed E-state index contributed by atoms with van der Waals surface area (Å²) in [7, 11) is 0. The number of aryl methyl sites for hydroxylation is 2. The minimum Gasteiger partial charge on any atom is -0.350 e. The van der Waals surface area contributed by atoms with Crippen LogP contribution in [0.5, 0.6) is 0 Å². The van der Waals surface area contributed by atoms with E-state index in [0.717, 1.165) is 11.1 Å². The van der Waals surface area contributed by atoms with Crippen molar-refractivity contribution < 1.29 is 14.0 Å². The number of hydrogen-bond donors (Lipinski definition) is 1. The van der Waals surface area contributed by atoms with Crippen LogP contribution in [0.15, 0.2) is 65.7 Å². The van der Waals surface area contributed by atoms with Crippen LogP contribution in [-0.2, 0) is 9.59 Å². The summed E-state index contributed by atoms with van der Waals surface area (Å²) in [6.45, 7) is 3.77. The Bertz CT molecular complexity index is 1120. The third kappa shape index (κ3) is 3.12. The number of nitrogens with zero attached hydrogens (tertiary/aromatic N) is 1. The van der Waals surface area contributed by atoms with Gasteiger partial charge in [-0.05, 0) is 60.7 Å². The number of carbonyl (C=O) groups excluding carboxylic acids is 2. The molecule has 0 atom stereocenters. The fourth-order valence-corrected chi connectivity index (χ4v) is 3.95. The van der Waals surface area contributed by atoms with Crippen LogP contribution in [0.2, 0.25) is 0 Å². The average molecular weight is 392 g/mol. The number of hydrogen-bond acceptors (Lipinski definition) is 4. The summed E-state index contributed by atoms with van der Waals surface area (Å²) in [5.74, 6) is -1.27. The van der Waals surface area contributed by atoms with Gasteiger partial charge < -0.3 is 5.32 Å². The van der Waals surface area contributed by atoms with E-state index in [-0.39, 0.29) is 11.6 Å². The van der Waals surface area contributed by atoms with Crippen LogP contribution in [0, 0.1) is 19.7 Å². The number of amides is 2. The highest BCUT2D eigenvalue weighted by atomic mass is 32.1. The fourth-order valence-electron chi connectivity index (χ4n) is 3.18. The molecule has 0 fully saturated rings. The number of anilines is 2. The Hall–Kier alpha value is -3.25. The Morgan fingerprint density at radius 2 is 1.79 bits per heavy atom. The van der Waals surface area contributed by atoms with E-state index in [9.17, 15) is 14.0 Å². The normalized spacial score (nSPS) is 14.2. The van der Waals surface area contributed by atoms with Crippen LogP contribution < -0.4 is 10.2 Å². The maximum absolute atomic E-state index is 13.6. The molecule has 1 aliphatic heterocycles. The van der Waals surface area contributed by atoms with E-state index in [0.29, 0.717) is 21.8 Å². The summed E-state index contributed by atoms with van der Waals surface area (Å²) in [6.07, 6.45) is 0. The first-order valence-corrected chi connectivity index (χ1v) is 9.60. The van der Waals surface area contributed by atoms with E-state index in [1.54, 1.807) is 18.2 Å². The van der Waals surface area contributed by atoms with E-state index < -0.39 is 11.7 Å². The van der Waals surface area contributed by atoms with Crippen molar-refractivity contribution in [3.05, 3.63) is 87.5 Å². The van der Waals surface area contributed by atoms with E-state index in [1.165, 1.54) is 28.4 Å². The highest BCUT2D eigenvalue weighted by Gasteiger charge is 2.41. The number of thiophene rings is 1. The van der Waals surface area contributed by atoms with Gasteiger partial charge in [0.1, 0.15) is 11.5 Å². The Kier molecular flexibility index (Phi) is 4.57. The monoisotopic (exact) mass is 392 g/mol. The van der Waals surface area contributed by atoms with Gasteiger partial charge in [0.15, 0.2) is 0 Å². The molecule has 0 radical (unpaired) electrons. The molecule has 0 saturated carbocycles. The molecule has 4 rings (SSSR count). The van der Waals surface area contributed by atoms with E-state index in [1.807, 2.05) is 43.5 Å². The van der Waals surface area contributed by atoms with Gasteiger partial charge in [-0.1, -0.05) is 24.3 Å². The Labute approximate surface area is 165 Å². The quantitative estimate of drug-likeness (QED) is 0.643. The average Bonchev–Trinajstić information content (AvgIpc) is 3.25. The van der Waals surface area contributed by atoms with Crippen molar-refractivity contribution >= 4 is 40.1 Å². The molecule has 0 aliphatic carbocycles. The number of imide groups is 1. The second-order valence-corrected chi connectivity index (χ2v) is 7.55. The molecule has 1 N–H and O–H groups in total. The maximum atomic E-state index is 13.6. The number of carbonyl (C=O) groups is 2. The SMILES string of the molecule is Cc1ccc(C)c(N2C(=O)C(Nc3cccc(F)c3)=C(c3cccs3)C2=O)c1. The zero-order chi connectivity index (χ0) is 19.8. The highest BCUT2D eigenvalue weighted by molar-refractivity contribution is 7.11. The molecule has 0 saturated heterocycles. The van der Waals surface area contributed by atoms with Crippen LogP contribution in [0.25, 0.3) is 5.57 Å². The summed E-state index contributed by atoms with van der Waals surface area (Å²) in [4.78, 5) is 28.4. The summed E-state index contributed by atoms with van der Waals surface area (Å²) < 4.78 is 13.6. The van der Waals surface area contributed by atoms with Crippen LogP contribution in [0.1, 0.15) is 16.0 Å². The minimum absolute atomic E-state index is 0.152. The molecule has 0 spiro atoms. The van der Waals surface area contributed by atoms with Gasteiger partial charge in [0, 0.05) is 10.6 Å². The Balaban J connectivity index is 1.83. The summed E-state index contributed by atoms with van der Waals surface area (Å²) >= 11 is 1.38. The second kappa shape index (κ2) is 7.05. The minimum atomic E-state index is -0.452. The number of halogens is 1. The summed E-state index contributed by atoms with van der Waals surface area (Å²) in [5, 5.41) is 4.82. The highest BCUT2D eigenvalue weighted by Crippen LogP contribution is 2.36. The van der Waals surface area contributed by atoms with E-state index in [4.69, 9.17) is 0 Å². The van der Waals surface area contributed by atoms with Crippen LogP contribution in [0.4, 0.5) is 15.8 Å². The third-order valence-electron chi connectivity index (χ3n) is 4.55. The van der Waals surface area contributed by atoms with Crippen molar-refractivity contribution in [1.82, 2.24) is 0 Å². The lowest BCUT2D eigenvalue weighted by molar-refractivity contribution is -0.120. The van der Waals surface area contributed by atoms with E-state index in [2.05, 4.69) is 5.32 Å². The number of benzene rings is 2. The lowest BCUT2D eigenvalue weighted by Crippen LogP contribution is -2.33. The predicted molar refractivity (Wildman–Crippen MR) is 110 cm³/mol. The molecule has 0 bridgehead atoms. The van der Waals surface area contributed by atoms with Gasteiger partial charge in [-0.2, -0.15) is 0 Å².